The second-order valence-corrected chi connectivity index (χ2v) is 5.77. The Hall–Kier alpha value is -2.09. The van der Waals surface area contributed by atoms with E-state index < -0.39 is 29.7 Å². The van der Waals surface area contributed by atoms with Crippen LogP contribution in [0.1, 0.15) is 30.4 Å². The van der Waals surface area contributed by atoms with Gasteiger partial charge in [0.25, 0.3) is 0 Å². The molecule has 0 aliphatic carbocycles. The summed E-state index contributed by atoms with van der Waals surface area (Å²) < 4.78 is 43.3. The Morgan fingerprint density at radius 2 is 2.12 bits per heavy atom. The minimum absolute atomic E-state index is 0.00759. The van der Waals surface area contributed by atoms with Crippen molar-refractivity contribution < 1.29 is 32.6 Å². The van der Waals surface area contributed by atoms with Crippen molar-refractivity contribution in [3.8, 4) is 0 Å². The SMILES string of the molecule is C[C@@H](CC(=O)N1CCO[C@@H](C(=O)O)C1)c1cccc(C(F)(F)F)c1. The molecule has 8 heteroatoms. The quantitative estimate of drug-likeness (QED) is 0.911. The standard InChI is InChI=1S/C16H18F3NO4/c1-10(11-3-2-4-12(8-11)16(17,18)19)7-14(21)20-5-6-24-13(9-20)15(22)23/h2-4,8,10,13H,5-7,9H2,1H3,(H,22,23)/t10-,13+/m0/s1. The van der Waals surface area contributed by atoms with Gasteiger partial charge in [0.05, 0.1) is 18.7 Å². The summed E-state index contributed by atoms with van der Waals surface area (Å²) in [6.45, 7) is 2.02. The molecule has 1 amide bonds. The molecule has 0 unspecified atom stereocenters. The number of rotatable bonds is 4. The third-order valence-corrected chi connectivity index (χ3v) is 3.96. The lowest BCUT2D eigenvalue weighted by Crippen LogP contribution is -2.48. The molecule has 1 aromatic carbocycles. The van der Waals surface area contributed by atoms with Crippen LogP contribution in [0.15, 0.2) is 24.3 Å². The minimum Gasteiger partial charge on any atom is -0.479 e. The maximum Gasteiger partial charge on any atom is 0.416 e. The van der Waals surface area contributed by atoms with E-state index in [4.69, 9.17) is 9.84 Å². The number of aliphatic carboxylic acids is 1. The van der Waals surface area contributed by atoms with E-state index in [0.717, 1.165) is 12.1 Å². The Morgan fingerprint density at radius 1 is 1.42 bits per heavy atom. The average molecular weight is 345 g/mol. The van der Waals surface area contributed by atoms with Crippen LogP contribution in [0, 0.1) is 0 Å². The van der Waals surface area contributed by atoms with Crippen LogP contribution in [0.3, 0.4) is 0 Å². The zero-order valence-corrected chi connectivity index (χ0v) is 13.0. The fourth-order valence-electron chi connectivity index (χ4n) is 2.56. The maximum atomic E-state index is 12.8. The molecule has 0 aromatic heterocycles. The van der Waals surface area contributed by atoms with Crippen LogP contribution in [-0.2, 0) is 20.5 Å². The molecule has 1 saturated heterocycles. The Bertz CT molecular complexity index is 618. The largest absolute Gasteiger partial charge is 0.479 e. The Kier molecular flexibility index (Phi) is 5.48. The predicted octanol–water partition coefficient (Wildman–Crippen LogP) is 2.51. The van der Waals surface area contributed by atoms with E-state index in [0.29, 0.717) is 5.56 Å². The number of alkyl halides is 3. The normalized spacial score (nSPS) is 19.8. The molecule has 1 fully saturated rings. The van der Waals surface area contributed by atoms with Crippen LogP contribution in [0.2, 0.25) is 0 Å². The number of nitrogens with zero attached hydrogens (tertiary/aromatic N) is 1. The number of carboxylic acids is 1. The maximum absolute atomic E-state index is 12.8. The molecule has 1 aliphatic heterocycles. The number of amides is 1. The molecular formula is C16H18F3NO4. The Labute approximate surface area is 137 Å². The zero-order valence-electron chi connectivity index (χ0n) is 13.0. The van der Waals surface area contributed by atoms with Crippen molar-refractivity contribution in [3.63, 3.8) is 0 Å². The van der Waals surface area contributed by atoms with Crippen LogP contribution in [-0.4, -0.2) is 47.7 Å². The molecule has 24 heavy (non-hydrogen) atoms. The summed E-state index contributed by atoms with van der Waals surface area (Å²) >= 11 is 0. The number of benzene rings is 1. The molecule has 0 saturated carbocycles. The molecule has 1 heterocycles. The molecule has 132 valence electrons. The number of ether oxygens (including phenoxy) is 1. The van der Waals surface area contributed by atoms with Gasteiger partial charge in [0.15, 0.2) is 6.10 Å². The summed E-state index contributed by atoms with van der Waals surface area (Å²) in [5.74, 6) is -1.85. The fraction of sp³-hybridized carbons (Fsp3) is 0.500. The first-order valence-electron chi connectivity index (χ1n) is 7.48. The first-order valence-corrected chi connectivity index (χ1v) is 7.48. The van der Waals surface area contributed by atoms with Gasteiger partial charge in [-0.25, -0.2) is 4.79 Å². The molecule has 1 aromatic rings. The number of carbonyl (C=O) groups is 2. The highest BCUT2D eigenvalue weighted by Gasteiger charge is 2.32. The monoisotopic (exact) mass is 345 g/mol. The van der Waals surface area contributed by atoms with Gasteiger partial charge in [-0.15, -0.1) is 0 Å². The zero-order chi connectivity index (χ0) is 17.9. The number of hydrogen-bond acceptors (Lipinski definition) is 3. The van der Waals surface area contributed by atoms with Gasteiger partial charge in [-0.3, -0.25) is 4.79 Å². The molecule has 0 bridgehead atoms. The van der Waals surface area contributed by atoms with Gasteiger partial charge in [0.2, 0.25) is 5.91 Å². The third kappa shape index (κ3) is 4.47. The number of halogens is 3. The van der Waals surface area contributed by atoms with Crippen molar-refractivity contribution in [3.05, 3.63) is 35.4 Å². The highest BCUT2D eigenvalue weighted by atomic mass is 19.4. The summed E-state index contributed by atoms with van der Waals surface area (Å²) in [4.78, 5) is 24.6. The predicted molar refractivity (Wildman–Crippen MR) is 78.4 cm³/mol. The first kappa shape index (κ1) is 18.3. The lowest BCUT2D eigenvalue weighted by molar-refractivity contribution is -0.159. The van der Waals surface area contributed by atoms with Crippen LogP contribution >= 0.6 is 0 Å². The van der Waals surface area contributed by atoms with Gasteiger partial charge in [-0.05, 0) is 17.5 Å². The van der Waals surface area contributed by atoms with Gasteiger partial charge >= 0.3 is 12.1 Å². The lowest BCUT2D eigenvalue weighted by Gasteiger charge is -2.31. The fourth-order valence-corrected chi connectivity index (χ4v) is 2.56. The van der Waals surface area contributed by atoms with Gasteiger partial charge in [-0.2, -0.15) is 13.2 Å². The number of hydrogen-bond donors (Lipinski definition) is 1. The number of carbonyl (C=O) groups excluding carboxylic acids is 1. The molecular weight excluding hydrogens is 327 g/mol. The van der Waals surface area contributed by atoms with Crippen molar-refractivity contribution in [2.75, 3.05) is 19.7 Å². The van der Waals surface area contributed by atoms with Gasteiger partial charge < -0.3 is 14.7 Å². The minimum atomic E-state index is -4.43. The van der Waals surface area contributed by atoms with Crippen LogP contribution in [0.4, 0.5) is 13.2 Å². The van der Waals surface area contributed by atoms with E-state index in [2.05, 4.69) is 0 Å². The summed E-state index contributed by atoms with van der Waals surface area (Å²) in [7, 11) is 0. The molecule has 2 rings (SSSR count). The first-order chi connectivity index (χ1) is 11.2. The van der Waals surface area contributed by atoms with E-state index in [1.807, 2.05) is 0 Å². The second-order valence-electron chi connectivity index (χ2n) is 5.77. The highest BCUT2D eigenvalue weighted by molar-refractivity contribution is 5.79. The summed E-state index contributed by atoms with van der Waals surface area (Å²) in [6, 6.07) is 4.88. The number of morpholine rings is 1. The van der Waals surface area contributed by atoms with Crippen molar-refractivity contribution in [2.24, 2.45) is 0 Å². The van der Waals surface area contributed by atoms with E-state index in [9.17, 15) is 22.8 Å². The molecule has 5 nitrogen and oxygen atoms in total. The second kappa shape index (κ2) is 7.21. The van der Waals surface area contributed by atoms with Crippen LogP contribution < -0.4 is 0 Å². The topological polar surface area (TPSA) is 66.8 Å². The van der Waals surface area contributed by atoms with Gasteiger partial charge in [0, 0.05) is 13.0 Å². The van der Waals surface area contributed by atoms with Crippen LogP contribution in [0.5, 0.6) is 0 Å². The van der Waals surface area contributed by atoms with Crippen molar-refractivity contribution >= 4 is 11.9 Å². The van der Waals surface area contributed by atoms with E-state index in [1.165, 1.54) is 11.0 Å². The Balaban J connectivity index is 2.02. The van der Waals surface area contributed by atoms with Crippen molar-refractivity contribution in [1.29, 1.82) is 0 Å². The molecule has 2 atom stereocenters. The van der Waals surface area contributed by atoms with Gasteiger partial charge in [0.1, 0.15) is 0 Å². The van der Waals surface area contributed by atoms with E-state index >= 15 is 0 Å². The summed E-state index contributed by atoms with van der Waals surface area (Å²) in [5.41, 5.74) is -0.335. The smallest absolute Gasteiger partial charge is 0.416 e. The molecule has 1 N–H and O–H groups in total. The highest BCUT2D eigenvalue weighted by Crippen LogP contribution is 2.31. The lowest BCUT2D eigenvalue weighted by atomic mass is 9.95. The molecule has 0 radical (unpaired) electrons. The third-order valence-electron chi connectivity index (χ3n) is 3.96. The Morgan fingerprint density at radius 3 is 2.75 bits per heavy atom. The molecule has 1 aliphatic rings. The number of carboxylic acid groups (broad SMARTS) is 1. The van der Waals surface area contributed by atoms with E-state index in [-0.39, 0.29) is 32.0 Å². The average Bonchev–Trinajstić information content (AvgIpc) is 2.54. The van der Waals surface area contributed by atoms with Crippen LogP contribution in [0.25, 0.3) is 0 Å². The summed E-state index contributed by atoms with van der Waals surface area (Å²) in [6.07, 6.45) is -5.49. The van der Waals surface area contributed by atoms with Crippen molar-refractivity contribution in [1.82, 2.24) is 4.90 Å². The van der Waals surface area contributed by atoms with Gasteiger partial charge in [-0.1, -0.05) is 25.1 Å². The van der Waals surface area contributed by atoms with E-state index in [1.54, 1.807) is 13.0 Å². The summed E-state index contributed by atoms with van der Waals surface area (Å²) in [5, 5.41) is 8.93. The van der Waals surface area contributed by atoms with Crippen molar-refractivity contribution in [2.45, 2.75) is 31.5 Å². The molecule has 0 spiro atoms.